The van der Waals surface area contributed by atoms with Crippen molar-refractivity contribution in [3.05, 3.63) is 0 Å². The Morgan fingerprint density at radius 2 is 2.18 bits per heavy atom. The van der Waals surface area contributed by atoms with Crippen molar-refractivity contribution in [1.29, 1.82) is 0 Å². The maximum Gasteiger partial charge on any atom is 0.419 e. The Bertz CT molecular complexity index is 294. The molecular formula is C10H17F3N2O2. The normalized spacial score (nSPS) is 27.3. The highest BCUT2D eigenvalue weighted by Crippen LogP contribution is 2.40. The molecule has 2 atom stereocenters. The fourth-order valence-corrected chi connectivity index (χ4v) is 1.97. The van der Waals surface area contributed by atoms with E-state index in [4.69, 9.17) is 10.5 Å². The molecule has 100 valence electrons. The Kier molecular flexibility index (Phi) is 4.03. The van der Waals surface area contributed by atoms with Gasteiger partial charge in [0.05, 0.1) is 12.6 Å². The molecule has 1 aliphatic rings. The number of alkyl halides is 3. The van der Waals surface area contributed by atoms with E-state index in [1.54, 1.807) is 0 Å². The minimum atomic E-state index is -4.48. The molecule has 0 aliphatic carbocycles. The molecule has 0 spiro atoms. The molecule has 17 heavy (non-hydrogen) atoms. The minimum Gasteiger partial charge on any atom is -0.364 e. The lowest BCUT2D eigenvalue weighted by atomic mass is 10.0. The number of rotatable bonds is 3. The summed E-state index contributed by atoms with van der Waals surface area (Å²) in [5, 5.41) is 0. The topological polar surface area (TPSA) is 55.6 Å². The van der Waals surface area contributed by atoms with Gasteiger partial charge in [0.25, 0.3) is 0 Å². The van der Waals surface area contributed by atoms with Gasteiger partial charge < -0.3 is 15.4 Å². The van der Waals surface area contributed by atoms with E-state index in [-0.39, 0.29) is 19.6 Å². The average Bonchev–Trinajstić information content (AvgIpc) is 2.62. The molecule has 0 aromatic heterocycles. The van der Waals surface area contributed by atoms with Crippen LogP contribution in [-0.4, -0.2) is 48.3 Å². The van der Waals surface area contributed by atoms with Gasteiger partial charge >= 0.3 is 6.18 Å². The molecule has 7 heteroatoms. The van der Waals surface area contributed by atoms with Crippen molar-refractivity contribution < 1.29 is 22.7 Å². The van der Waals surface area contributed by atoms with Crippen molar-refractivity contribution in [2.45, 2.75) is 38.1 Å². The third kappa shape index (κ3) is 2.71. The first-order valence-corrected chi connectivity index (χ1v) is 5.48. The summed E-state index contributed by atoms with van der Waals surface area (Å²) in [5.41, 5.74) is 3.14. The smallest absolute Gasteiger partial charge is 0.364 e. The number of hydrogen-bond donors (Lipinski definition) is 1. The van der Waals surface area contributed by atoms with E-state index in [0.717, 1.165) is 4.90 Å². The third-order valence-electron chi connectivity index (χ3n) is 2.87. The number of carbonyl (C=O) groups excluding carboxylic acids is 1. The number of carbonyl (C=O) groups is 1. The number of ether oxygens (including phenoxy) is 1. The zero-order valence-electron chi connectivity index (χ0n) is 9.88. The Hall–Kier alpha value is -0.820. The molecule has 1 saturated heterocycles. The summed E-state index contributed by atoms with van der Waals surface area (Å²) in [5.74, 6) is -0.476. The van der Waals surface area contributed by atoms with Gasteiger partial charge in [0.1, 0.15) is 0 Å². The molecule has 0 bridgehead atoms. The second kappa shape index (κ2) is 4.81. The number of nitrogens with zero attached hydrogens (tertiary/aromatic N) is 1. The average molecular weight is 254 g/mol. The van der Waals surface area contributed by atoms with E-state index in [1.165, 1.54) is 13.8 Å². The van der Waals surface area contributed by atoms with Gasteiger partial charge in [0, 0.05) is 19.6 Å². The zero-order valence-corrected chi connectivity index (χ0v) is 9.88. The van der Waals surface area contributed by atoms with Crippen LogP contribution in [0.3, 0.4) is 0 Å². The Morgan fingerprint density at radius 1 is 1.59 bits per heavy atom. The quantitative estimate of drug-likeness (QED) is 0.814. The molecular weight excluding hydrogens is 237 g/mol. The molecule has 1 heterocycles. The number of nitrogens with two attached hydrogens (primary N) is 1. The first-order chi connectivity index (χ1) is 7.73. The maximum absolute atomic E-state index is 12.9. The van der Waals surface area contributed by atoms with E-state index in [1.807, 2.05) is 0 Å². The van der Waals surface area contributed by atoms with E-state index in [2.05, 4.69) is 0 Å². The van der Waals surface area contributed by atoms with Crippen molar-refractivity contribution in [3.8, 4) is 0 Å². The highest BCUT2D eigenvalue weighted by atomic mass is 19.4. The van der Waals surface area contributed by atoms with Crippen molar-refractivity contribution in [2.75, 3.05) is 19.7 Å². The van der Waals surface area contributed by atoms with Crippen LogP contribution in [0.5, 0.6) is 0 Å². The van der Waals surface area contributed by atoms with Crippen molar-refractivity contribution in [2.24, 2.45) is 5.73 Å². The Balaban J connectivity index is 2.83. The van der Waals surface area contributed by atoms with Crippen LogP contribution in [0.2, 0.25) is 0 Å². The molecule has 0 unspecified atom stereocenters. The number of hydrogen-bond acceptors (Lipinski definition) is 3. The lowest BCUT2D eigenvalue weighted by molar-refractivity contribution is -0.270. The van der Waals surface area contributed by atoms with Gasteiger partial charge in [-0.15, -0.1) is 0 Å². The van der Waals surface area contributed by atoms with Gasteiger partial charge in [0.15, 0.2) is 5.60 Å². The van der Waals surface area contributed by atoms with Crippen LogP contribution < -0.4 is 5.73 Å². The van der Waals surface area contributed by atoms with Crippen LogP contribution in [0.1, 0.15) is 20.3 Å². The molecule has 0 aromatic carbocycles. The first-order valence-electron chi connectivity index (χ1n) is 5.48. The predicted molar refractivity (Wildman–Crippen MR) is 55.3 cm³/mol. The van der Waals surface area contributed by atoms with Gasteiger partial charge in [-0.3, -0.25) is 4.79 Å². The number of amides is 1. The van der Waals surface area contributed by atoms with Gasteiger partial charge in [-0.1, -0.05) is 0 Å². The summed E-state index contributed by atoms with van der Waals surface area (Å²) >= 11 is 0. The second-order valence-corrected chi connectivity index (χ2v) is 4.22. The molecule has 1 aliphatic heterocycles. The maximum atomic E-state index is 12.9. The molecule has 4 nitrogen and oxygen atoms in total. The molecule has 0 radical (unpaired) electrons. The van der Waals surface area contributed by atoms with Gasteiger partial charge in [-0.05, 0) is 13.8 Å². The SMILES string of the molecule is CCO[C@@]1(C(F)(F)F)CCN(C(=O)[C@@H](C)N)C1. The summed E-state index contributed by atoms with van der Waals surface area (Å²) in [6.07, 6.45) is -4.71. The minimum absolute atomic E-state index is 0.0277. The number of halogens is 3. The predicted octanol–water partition coefficient (Wildman–Crippen LogP) is 0.904. The van der Waals surface area contributed by atoms with Crippen LogP contribution in [0, 0.1) is 0 Å². The molecule has 1 rings (SSSR count). The third-order valence-corrected chi connectivity index (χ3v) is 2.87. The fourth-order valence-electron chi connectivity index (χ4n) is 1.97. The standard InChI is InChI=1S/C10H17F3N2O2/c1-3-17-9(10(11,12)13)4-5-15(6-9)8(16)7(2)14/h7H,3-6,14H2,1-2H3/t7-,9+/m1/s1. The Labute approximate surface area is 97.9 Å². The van der Waals surface area contributed by atoms with E-state index >= 15 is 0 Å². The lowest BCUT2D eigenvalue weighted by Gasteiger charge is -2.31. The van der Waals surface area contributed by atoms with Crippen LogP contribution >= 0.6 is 0 Å². The van der Waals surface area contributed by atoms with E-state index in [9.17, 15) is 18.0 Å². The largest absolute Gasteiger partial charge is 0.419 e. The molecule has 1 amide bonds. The van der Waals surface area contributed by atoms with Crippen molar-refractivity contribution >= 4 is 5.91 Å². The van der Waals surface area contributed by atoms with Crippen LogP contribution in [0.4, 0.5) is 13.2 Å². The summed E-state index contributed by atoms with van der Waals surface area (Å²) in [7, 11) is 0. The lowest BCUT2D eigenvalue weighted by Crippen LogP contribution is -2.51. The molecule has 1 fully saturated rings. The van der Waals surface area contributed by atoms with E-state index < -0.39 is 30.3 Å². The summed E-state index contributed by atoms with van der Waals surface area (Å²) in [6.45, 7) is 2.48. The van der Waals surface area contributed by atoms with Crippen molar-refractivity contribution in [1.82, 2.24) is 4.90 Å². The van der Waals surface area contributed by atoms with Crippen molar-refractivity contribution in [3.63, 3.8) is 0 Å². The van der Waals surface area contributed by atoms with Crippen LogP contribution in [0.15, 0.2) is 0 Å². The van der Waals surface area contributed by atoms with E-state index in [0.29, 0.717) is 0 Å². The highest BCUT2D eigenvalue weighted by Gasteiger charge is 2.59. The summed E-state index contributed by atoms with van der Waals surface area (Å²) < 4.78 is 43.7. The number of likely N-dealkylation sites (tertiary alicyclic amines) is 1. The monoisotopic (exact) mass is 254 g/mol. The van der Waals surface area contributed by atoms with Gasteiger partial charge in [-0.2, -0.15) is 13.2 Å². The fraction of sp³-hybridized carbons (Fsp3) is 0.900. The molecule has 0 aromatic rings. The summed E-state index contributed by atoms with van der Waals surface area (Å²) in [6, 6.07) is -0.791. The second-order valence-electron chi connectivity index (χ2n) is 4.22. The van der Waals surface area contributed by atoms with Crippen LogP contribution in [-0.2, 0) is 9.53 Å². The van der Waals surface area contributed by atoms with Gasteiger partial charge in [0.2, 0.25) is 5.91 Å². The van der Waals surface area contributed by atoms with Crippen LogP contribution in [0.25, 0.3) is 0 Å². The highest BCUT2D eigenvalue weighted by molar-refractivity contribution is 5.81. The summed E-state index contributed by atoms with van der Waals surface area (Å²) in [4.78, 5) is 12.7. The molecule has 2 N–H and O–H groups in total. The first kappa shape index (κ1) is 14.2. The Morgan fingerprint density at radius 3 is 2.59 bits per heavy atom. The van der Waals surface area contributed by atoms with Gasteiger partial charge in [-0.25, -0.2) is 0 Å². The molecule has 0 saturated carbocycles. The zero-order chi connectivity index (χ0) is 13.3.